The average Bonchev–Trinajstić information content (AvgIpc) is 3.20. The summed E-state index contributed by atoms with van der Waals surface area (Å²) in [5.74, 6) is 0.0938. The summed E-state index contributed by atoms with van der Waals surface area (Å²) in [7, 11) is 1.80. The molecule has 5 heteroatoms. The van der Waals surface area contributed by atoms with Crippen molar-refractivity contribution in [3.05, 3.63) is 29.6 Å². The molecule has 1 fully saturated rings. The number of carbonyl (C=O) groups is 1. The lowest BCUT2D eigenvalue weighted by Crippen LogP contribution is -2.30. The van der Waals surface area contributed by atoms with Gasteiger partial charge < -0.3 is 15.4 Å². The van der Waals surface area contributed by atoms with Gasteiger partial charge in [0.1, 0.15) is 0 Å². The van der Waals surface area contributed by atoms with Crippen LogP contribution in [0.25, 0.3) is 0 Å². The number of amides is 1. The van der Waals surface area contributed by atoms with Crippen molar-refractivity contribution in [2.45, 2.75) is 19.4 Å². The molecule has 0 spiro atoms. The Labute approximate surface area is 112 Å². The molecule has 0 aliphatic heterocycles. The number of nitrogens with one attached hydrogen (secondary N) is 2. The highest BCUT2D eigenvalue weighted by molar-refractivity contribution is 5.77. The topological polar surface area (TPSA) is 50.4 Å². The maximum Gasteiger partial charge on any atom is 0.257 e. The molecule has 104 valence electrons. The fourth-order valence-corrected chi connectivity index (χ4v) is 1.75. The molecule has 1 aromatic rings. The van der Waals surface area contributed by atoms with Crippen molar-refractivity contribution in [2.24, 2.45) is 5.92 Å². The first kappa shape index (κ1) is 13.8. The smallest absolute Gasteiger partial charge is 0.257 e. The number of hydrogen-bond donors (Lipinski definition) is 2. The lowest BCUT2D eigenvalue weighted by Gasteiger charge is -2.09. The molecule has 2 rings (SSSR count). The minimum atomic E-state index is -0.442. The Kier molecular flexibility index (Phi) is 4.74. The van der Waals surface area contributed by atoms with Gasteiger partial charge in [0, 0.05) is 13.1 Å². The predicted molar refractivity (Wildman–Crippen MR) is 70.4 cm³/mol. The van der Waals surface area contributed by atoms with Crippen LogP contribution in [0, 0.1) is 11.7 Å². The van der Waals surface area contributed by atoms with Crippen LogP contribution in [0.15, 0.2) is 18.2 Å². The van der Waals surface area contributed by atoms with E-state index in [4.69, 9.17) is 4.74 Å². The zero-order chi connectivity index (χ0) is 13.7. The van der Waals surface area contributed by atoms with E-state index in [1.54, 1.807) is 19.2 Å². The van der Waals surface area contributed by atoms with Crippen LogP contribution in [0.5, 0.6) is 5.75 Å². The van der Waals surface area contributed by atoms with E-state index < -0.39 is 5.82 Å². The zero-order valence-electron chi connectivity index (χ0n) is 11.0. The molecule has 0 bridgehead atoms. The van der Waals surface area contributed by atoms with Gasteiger partial charge in [-0.05, 0) is 43.5 Å². The molecule has 1 aliphatic rings. The molecule has 0 heterocycles. The van der Waals surface area contributed by atoms with Crippen molar-refractivity contribution in [3.8, 4) is 5.75 Å². The van der Waals surface area contributed by atoms with E-state index in [9.17, 15) is 9.18 Å². The van der Waals surface area contributed by atoms with Gasteiger partial charge in [-0.2, -0.15) is 0 Å². The third-order valence-electron chi connectivity index (χ3n) is 3.02. The normalized spacial score (nSPS) is 14.2. The summed E-state index contributed by atoms with van der Waals surface area (Å²) in [5.41, 5.74) is 0.838. The van der Waals surface area contributed by atoms with Crippen LogP contribution in [-0.2, 0) is 11.3 Å². The molecule has 0 atom stereocenters. The van der Waals surface area contributed by atoms with Gasteiger partial charge in [0.15, 0.2) is 18.2 Å². The van der Waals surface area contributed by atoms with Crippen molar-refractivity contribution in [2.75, 3.05) is 20.2 Å². The third-order valence-corrected chi connectivity index (χ3v) is 3.02. The Morgan fingerprint density at radius 3 is 2.89 bits per heavy atom. The SMILES string of the molecule is CNCc1ccc(OCC(=O)NCC2CC2)c(F)c1. The van der Waals surface area contributed by atoms with E-state index in [1.807, 2.05) is 0 Å². The molecule has 1 aromatic carbocycles. The van der Waals surface area contributed by atoms with Crippen molar-refractivity contribution in [3.63, 3.8) is 0 Å². The quantitative estimate of drug-likeness (QED) is 0.785. The highest BCUT2D eigenvalue weighted by Crippen LogP contribution is 2.27. The summed E-state index contributed by atoms with van der Waals surface area (Å²) < 4.78 is 18.8. The van der Waals surface area contributed by atoms with Gasteiger partial charge in [0.25, 0.3) is 5.91 Å². The second-order valence-corrected chi connectivity index (χ2v) is 4.83. The summed E-state index contributed by atoms with van der Waals surface area (Å²) in [4.78, 5) is 11.5. The third kappa shape index (κ3) is 4.52. The van der Waals surface area contributed by atoms with E-state index in [2.05, 4.69) is 10.6 Å². The second-order valence-electron chi connectivity index (χ2n) is 4.83. The number of hydrogen-bond acceptors (Lipinski definition) is 3. The van der Waals surface area contributed by atoms with Crippen LogP contribution in [0.4, 0.5) is 4.39 Å². The van der Waals surface area contributed by atoms with E-state index in [-0.39, 0.29) is 18.3 Å². The van der Waals surface area contributed by atoms with Crippen molar-refractivity contribution in [1.29, 1.82) is 0 Å². The Balaban J connectivity index is 1.79. The van der Waals surface area contributed by atoms with Crippen LogP contribution in [0.1, 0.15) is 18.4 Å². The largest absolute Gasteiger partial charge is 0.481 e. The van der Waals surface area contributed by atoms with E-state index in [0.29, 0.717) is 19.0 Å². The van der Waals surface area contributed by atoms with Crippen LogP contribution >= 0.6 is 0 Å². The van der Waals surface area contributed by atoms with Crippen molar-refractivity contribution >= 4 is 5.91 Å². The Bertz CT molecular complexity index is 447. The maximum absolute atomic E-state index is 13.7. The summed E-state index contributed by atoms with van der Waals surface area (Å²) in [5, 5.41) is 5.71. The molecule has 4 nitrogen and oxygen atoms in total. The van der Waals surface area contributed by atoms with E-state index in [1.165, 1.54) is 18.9 Å². The fourth-order valence-electron chi connectivity index (χ4n) is 1.75. The Morgan fingerprint density at radius 2 is 2.26 bits per heavy atom. The lowest BCUT2D eigenvalue weighted by atomic mass is 10.2. The van der Waals surface area contributed by atoms with Gasteiger partial charge >= 0.3 is 0 Å². The minimum absolute atomic E-state index is 0.112. The highest BCUT2D eigenvalue weighted by Gasteiger charge is 2.21. The molecule has 1 aliphatic carbocycles. The summed E-state index contributed by atoms with van der Waals surface area (Å²) in [6.07, 6.45) is 2.37. The van der Waals surface area contributed by atoms with Gasteiger partial charge in [-0.25, -0.2) is 4.39 Å². The lowest BCUT2D eigenvalue weighted by molar-refractivity contribution is -0.123. The van der Waals surface area contributed by atoms with Gasteiger partial charge in [-0.15, -0.1) is 0 Å². The van der Waals surface area contributed by atoms with Crippen LogP contribution < -0.4 is 15.4 Å². The highest BCUT2D eigenvalue weighted by atomic mass is 19.1. The molecular weight excluding hydrogens is 247 g/mol. The van der Waals surface area contributed by atoms with Gasteiger partial charge in [0.2, 0.25) is 0 Å². The summed E-state index contributed by atoms with van der Waals surface area (Å²) in [6, 6.07) is 4.74. The van der Waals surface area contributed by atoms with Crippen LogP contribution in [0.3, 0.4) is 0 Å². The van der Waals surface area contributed by atoms with E-state index in [0.717, 1.165) is 5.56 Å². The predicted octanol–water partition coefficient (Wildman–Crippen LogP) is 1.45. The van der Waals surface area contributed by atoms with Gasteiger partial charge in [-0.1, -0.05) is 6.07 Å². The first-order valence-electron chi connectivity index (χ1n) is 6.51. The maximum atomic E-state index is 13.7. The Morgan fingerprint density at radius 1 is 1.47 bits per heavy atom. The molecule has 19 heavy (non-hydrogen) atoms. The number of halogens is 1. The molecule has 1 saturated carbocycles. The number of carbonyl (C=O) groups excluding carboxylic acids is 1. The zero-order valence-corrected chi connectivity index (χ0v) is 11.0. The molecule has 0 saturated heterocycles. The fraction of sp³-hybridized carbons (Fsp3) is 0.500. The molecular formula is C14H19FN2O2. The summed E-state index contributed by atoms with van der Waals surface area (Å²) in [6.45, 7) is 1.15. The molecule has 0 aromatic heterocycles. The average molecular weight is 266 g/mol. The second kappa shape index (κ2) is 6.52. The molecule has 1 amide bonds. The first-order valence-corrected chi connectivity index (χ1v) is 6.51. The number of benzene rings is 1. The van der Waals surface area contributed by atoms with Crippen LogP contribution in [-0.4, -0.2) is 26.1 Å². The van der Waals surface area contributed by atoms with Crippen molar-refractivity contribution < 1.29 is 13.9 Å². The summed E-state index contributed by atoms with van der Waals surface area (Å²) >= 11 is 0. The van der Waals surface area contributed by atoms with Crippen LogP contribution in [0.2, 0.25) is 0 Å². The van der Waals surface area contributed by atoms with Gasteiger partial charge in [-0.3, -0.25) is 4.79 Å². The molecule has 0 radical (unpaired) electrons. The number of ether oxygens (including phenoxy) is 1. The van der Waals surface area contributed by atoms with Gasteiger partial charge in [0.05, 0.1) is 0 Å². The van der Waals surface area contributed by atoms with E-state index >= 15 is 0 Å². The van der Waals surface area contributed by atoms with Crippen molar-refractivity contribution in [1.82, 2.24) is 10.6 Å². The standard InChI is InChI=1S/C14H19FN2O2/c1-16-7-11-4-5-13(12(15)6-11)19-9-14(18)17-8-10-2-3-10/h4-6,10,16H,2-3,7-9H2,1H3,(H,17,18). The molecule has 2 N–H and O–H groups in total. The molecule has 0 unspecified atom stereocenters. The Hall–Kier alpha value is -1.62. The number of rotatable bonds is 7. The minimum Gasteiger partial charge on any atom is -0.481 e. The monoisotopic (exact) mass is 266 g/mol. The first-order chi connectivity index (χ1) is 9.19.